The summed E-state index contributed by atoms with van der Waals surface area (Å²) in [5, 5.41) is 0. The molecule has 1 aliphatic carbocycles. The van der Waals surface area contributed by atoms with E-state index in [4.69, 9.17) is 10.5 Å². The summed E-state index contributed by atoms with van der Waals surface area (Å²) in [6, 6.07) is 8.82. The summed E-state index contributed by atoms with van der Waals surface area (Å²) in [5.41, 5.74) is 8.42. The first-order valence-corrected chi connectivity index (χ1v) is 7.88. The number of ether oxygens (including phenoxy) is 1. The molecule has 1 saturated heterocycles. The number of amides is 1. The Labute approximate surface area is 138 Å². The van der Waals surface area contributed by atoms with E-state index in [0.717, 1.165) is 32.1 Å². The van der Waals surface area contributed by atoms with Crippen molar-refractivity contribution in [1.29, 1.82) is 0 Å². The molecule has 2 N–H and O–H groups in total. The number of hydrogen-bond acceptors (Lipinski definition) is 3. The number of fused-ring (bicyclic) bond motifs is 1. The molecule has 1 aromatic carbocycles. The predicted octanol–water partition coefficient (Wildman–Crippen LogP) is 1.93. The first kappa shape index (κ1) is 17.3. The summed E-state index contributed by atoms with van der Waals surface area (Å²) in [7, 11) is 1.92. The van der Waals surface area contributed by atoms with Gasteiger partial charge in [-0.1, -0.05) is 24.3 Å². The van der Waals surface area contributed by atoms with Gasteiger partial charge in [-0.2, -0.15) is 0 Å². The average molecular weight is 325 g/mol. The second-order valence-electron chi connectivity index (χ2n) is 6.17. The van der Waals surface area contributed by atoms with Gasteiger partial charge in [0.1, 0.15) is 6.10 Å². The third kappa shape index (κ3) is 3.45. The van der Waals surface area contributed by atoms with Gasteiger partial charge in [-0.3, -0.25) is 4.79 Å². The maximum absolute atomic E-state index is 12.6. The van der Waals surface area contributed by atoms with Crippen molar-refractivity contribution in [3.8, 4) is 0 Å². The highest BCUT2D eigenvalue weighted by Gasteiger charge is 2.34. The van der Waals surface area contributed by atoms with Crippen LogP contribution in [0.4, 0.5) is 0 Å². The van der Waals surface area contributed by atoms with Crippen LogP contribution in [0.2, 0.25) is 0 Å². The van der Waals surface area contributed by atoms with E-state index in [1.807, 2.05) is 11.9 Å². The number of nitrogens with two attached hydrogens (primary N) is 1. The zero-order chi connectivity index (χ0) is 14.8. The Balaban J connectivity index is 0.00000176. The molecule has 1 unspecified atom stereocenters. The van der Waals surface area contributed by atoms with Gasteiger partial charge in [0.2, 0.25) is 0 Å². The minimum Gasteiger partial charge on any atom is -0.364 e. The highest BCUT2D eigenvalue weighted by molar-refractivity contribution is 5.85. The highest BCUT2D eigenvalue weighted by atomic mass is 35.5. The molecule has 0 bridgehead atoms. The van der Waals surface area contributed by atoms with E-state index in [9.17, 15) is 4.79 Å². The van der Waals surface area contributed by atoms with E-state index in [1.165, 1.54) is 11.1 Å². The summed E-state index contributed by atoms with van der Waals surface area (Å²) < 4.78 is 5.74. The number of benzene rings is 1. The molecular weight excluding hydrogens is 300 g/mol. The van der Waals surface area contributed by atoms with Crippen LogP contribution in [-0.4, -0.2) is 42.6 Å². The molecule has 5 heteroatoms. The van der Waals surface area contributed by atoms with E-state index in [1.54, 1.807) is 0 Å². The van der Waals surface area contributed by atoms with Crippen LogP contribution in [0.3, 0.4) is 0 Å². The first-order chi connectivity index (χ1) is 10.2. The maximum atomic E-state index is 12.6. The Morgan fingerprint density at radius 1 is 1.27 bits per heavy atom. The van der Waals surface area contributed by atoms with E-state index in [2.05, 4.69) is 24.3 Å². The number of nitrogens with zero attached hydrogens (tertiary/aromatic N) is 1. The van der Waals surface area contributed by atoms with Crippen LogP contribution in [0.1, 0.15) is 30.4 Å². The van der Waals surface area contributed by atoms with Crippen molar-refractivity contribution >= 4 is 18.3 Å². The van der Waals surface area contributed by atoms with E-state index in [0.29, 0.717) is 6.54 Å². The monoisotopic (exact) mass is 324 g/mol. The molecule has 1 amide bonds. The second-order valence-corrected chi connectivity index (χ2v) is 6.17. The van der Waals surface area contributed by atoms with Crippen LogP contribution in [0.5, 0.6) is 0 Å². The molecule has 1 aliphatic heterocycles. The zero-order valence-corrected chi connectivity index (χ0v) is 13.8. The number of likely N-dealkylation sites (N-methyl/N-ethyl adjacent to an activating group) is 1. The Morgan fingerprint density at radius 3 is 2.68 bits per heavy atom. The van der Waals surface area contributed by atoms with Crippen molar-refractivity contribution in [2.75, 3.05) is 13.6 Å². The molecule has 1 aromatic rings. The lowest BCUT2D eigenvalue weighted by molar-refractivity contribution is -0.143. The minimum atomic E-state index is -0.291. The quantitative estimate of drug-likeness (QED) is 0.924. The largest absolute Gasteiger partial charge is 0.364 e. The van der Waals surface area contributed by atoms with Crippen molar-refractivity contribution in [3.05, 3.63) is 35.4 Å². The predicted molar refractivity (Wildman–Crippen MR) is 89.2 cm³/mol. The number of aryl methyl sites for hydroxylation is 1. The smallest absolute Gasteiger partial charge is 0.251 e. The maximum Gasteiger partial charge on any atom is 0.251 e. The molecule has 0 saturated carbocycles. The zero-order valence-electron chi connectivity index (χ0n) is 13.0. The lowest BCUT2D eigenvalue weighted by Gasteiger charge is -2.33. The summed E-state index contributed by atoms with van der Waals surface area (Å²) >= 11 is 0. The highest BCUT2D eigenvalue weighted by Crippen LogP contribution is 2.26. The minimum absolute atomic E-state index is 0. The molecule has 3 atom stereocenters. The van der Waals surface area contributed by atoms with Crippen LogP contribution in [-0.2, 0) is 22.4 Å². The second kappa shape index (κ2) is 7.44. The summed E-state index contributed by atoms with van der Waals surface area (Å²) in [6.45, 7) is 0.504. The van der Waals surface area contributed by atoms with Crippen molar-refractivity contribution < 1.29 is 9.53 Å². The Morgan fingerprint density at radius 2 is 2.00 bits per heavy atom. The van der Waals surface area contributed by atoms with Crippen molar-refractivity contribution in [3.63, 3.8) is 0 Å². The SMILES string of the molecule is CN(C(=O)[C@@H]1CC[C@H](CN)O1)C1CCc2ccccc2C1.Cl. The van der Waals surface area contributed by atoms with E-state index in [-0.39, 0.29) is 36.6 Å². The summed E-state index contributed by atoms with van der Waals surface area (Å²) in [4.78, 5) is 14.5. The molecule has 22 heavy (non-hydrogen) atoms. The number of rotatable bonds is 3. The number of halogens is 1. The normalized spacial score (nSPS) is 26.9. The Hall–Kier alpha value is -1.10. The Kier molecular flexibility index (Phi) is 5.84. The fourth-order valence-corrected chi connectivity index (χ4v) is 3.48. The summed E-state index contributed by atoms with van der Waals surface area (Å²) in [6.07, 6.45) is 4.50. The van der Waals surface area contributed by atoms with Gasteiger partial charge >= 0.3 is 0 Å². The molecule has 0 aromatic heterocycles. The Bertz CT molecular complexity index is 523. The number of hydrogen-bond donors (Lipinski definition) is 1. The molecule has 1 fully saturated rings. The van der Waals surface area contributed by atoms with Gasteiger partial charge in [0.25, 0.3) is 5.91 Å². The fraction of sp³-hybridized carbons (Fsp3) is 0.588. The first-order valence-electron chi connectivity index (χ1n) is 7.88. The van der Waals surface area contributed by atoms with Crippen LogP contribution >= 0.6 is 12.4 Å². The van der Waals surface area contributed by atoms with Crippen LogP contribution < -0.4 is 5.73 Å². The number of carbonyl (C=O) groups excluding carboxylic acids is 1. The molecule has 0 radical (unpaired) electrons. The van der Waals surface area contributed by atoms with Crippen molar-refractivity contribution in [2.24, 2.45) is 5.73 Å². The standard InChI is InChI=1S/C17H24N2O2.ClH/c1-19(17(20)16-9-8-15(11-18)21-16)14-7-6-12-4-2-3-5-13(12)10-14;/h2-5,14-16H,6-11,18H2,1H3;1H/t14?,15-,16+;/m1./s1. The van der Waals surface area contributed by atoms with Crippen molar-refractivity contribution in [2.45, 2.75) is 50.4 Å². The molecule has 0 spiro atoms. The van der Waals surface area contributed by atoms with E-state index >= 15 is 0 Å². The topological polar surface area (TPSA) is 55.6 Å². The molecule has 3 rings (SSSR count). The lowest BCUT2D eigenvalue weighted by atomic mass is 9.87. The third-order valence-corrected chi connectivity index (χ3v) is 4.86. The molecule has 122 valence electrons. The third-order valence-electron chi connectivity index (χ3n) is 4.86. The number of carbonyl (C=O) groups is 1. The van der Waals surface area contributed by atoms with Gasteiger partial charge in [-0.15, -0.1) is 12.4 Å². The van der Waals surface area contributed by atoms with Crippen LogP contribution in [0.25, 0.3) is 0 Å². The van der Waals surface area contributed by atoms with Crippen molar-refractivity contribution in [1.82, 2.24) is 4.90 Å². The van der Waals surface area contributed by atoms with Gasteiger partial charge in [-0.05, 0) is 43.2 Å². The van der Waals surface area contributed by atoms with Crippen LogP contribution in [0.15, 0.2) is 24.3 Å². The van der Waals surface area contributed by atoms with Gasteiger partial charge in [0.05, 0.1) is 6.10 Å². The summed E-state index contributed by atoms with van der Waals surface area (Å²) in [5.74, 6) is 0.121. The molecule has 1 heterocycles. The fourth-order valence-electron chi connectivity index (χ4n) is 3.48. The van der Waals surface area contributed by atoms with Gasteiger partial charge in [-0.25, -0.2) is 0 Å². The van der Waals surface area contributed by atoms with Gasteiger partial charge < -0.3 is 15.4 Å². The average Bonchev–Trinajstić information content (AvgIpc) is 3.02. The molecular formula is C17H25ClN2O2. The van der Waals surface area contributed by atoms with Crippen LogP contribution in [0, 0.1) is 0 Å². The molecule has 2 aliphatic rings. The van der Waals surface area contributed by atoms with Gasteiger partial charge in [0.15, 0.2) is 0 Å². The van der Waals surface area contributed by atoms with Gasteiger partial charge in [0, 0.05) is 19.6 Å². The molecule has 4 nitrogen and oxygen atoms in total. The lowest BCUT2D eigenvalue weighted by Crippen LogP contribution is -2.45. The van der Waals surface area contributed by atoms with E-state index < -0.39 is 0 Å².